The van der Waals surface area contributed by atoms with E-state index in [1.165, 1.54) is 34.9 Å². The van der Waals surface area contributed by atoms with E-state index in [1.54, 1.807) is 5.48 Å². The number of nitrogens with zero attached hydrogens (tertiary/aromatic N) is 2. The third-order valence-electron chi connectivity index (χ3n) is 5.50. The van der Waals surface area contributed by atoms with Crippen LogP contribution < -0.4 is 11.0 Å². The minimum absolute atomic E-state index is 0.0446. The summed E-state index contributed by atoms with van der Waals surface area (Å²) in [6.45, 7) is 0.0446. The van der Waals surface area contributed by atoms with Crippen molar-refractivity contribution in [2.75, 3.05) is 0 Å². The summed E-state index contributed by atoms with van der Waals surface area (Å²) in [5, 5.41) is 9.16. The van der Waals surface area contributed by atoms with Crippen molar-refractivity contribution in [2.24, 2.45) is 0 Å². The number of carbonyl (C=O) groups excluding carboxylic acids is 1. The highest BCUT2D eigenvalue weighted by Crippen LogP contribution is 2.29. The van der Waals surface area contributed by atoms with Crippen molar-refractivity contribution >= 4 is 16.8 Å². The van der Waals surface area contributed by atoms with E-state index in [2.05, 4.69) is 4.98 Å². The van der Waals surface area contributed by atoms with Crippen LogP contribution in [0.25, 0.3) is 10.9 Å². The van der Waals surface area contributed by atoms with Crippen molar-refractivity contribution in [2.45, 2.75) is 25.6 Å². The molecule has 0 atom stereocenters. The van der Waals surface area contributed by atoms with E-state index in [0.29, 0.717) is 24.2 Å². The van der Waals surface area contributed by atoms with Gasteiger partial charge in [0.25, 0.3) is 11.5 Å². The average Bonchev–Trinajstić information content (AvgIpc) is 2.84. The highest BCUT2D eigenvalue weighted by molar-refractivity contribution is 5.96. The van der Waals surface area contributed by atoms with E-state index in [-0.39, 0.29) is 28.6 Å². The fourth-order valence-electron chi connectivity index (χ4n) is 3.71. The predicted molar refractivity (Wildman–Crippen MR) is 120 cm³/mol. The van der Waals surface area contributed by atoms with E-state index >= 15 is 0 Å². The van der Waals surface area contributed by atoms with Crippen molar-refractivity contribution in [3.8, 4) is 0 Å². The van der Waals surface area contributed by atoms with Crippen LogP contribution in [0.4, 0.5) is 13.2 Å². The van der Waals surface area contributed by atoms with E-state index in [1.807, 2.05) is 30.3 Å². The Morgan fingerprint density at radius 3 is 2.29 bits per heavy atom. The van der Waals surface area contributed by atoms with Gasteiger partial charge in [0.05, 0.1) is 23.0 Å². The molecule has 0 bridgehead atoms. The maximum absolute atomic E-state index is 13.3. The second-order valence-corrected chi connectivity index (χ2v) is 7.77. The molecule has 6 nitrogen and oxygen atoms in total. The third kappa shape index (κ3) is 4.99. The second kappa shape index (κ2) is 9.48. The van der Waals surface area contributed by atoms with Crippen LogP contribution in [0.15, 0.2) is 77.6 Å². The number of amides is 1. The van der Waals surface area contributed by atoms with Crippen molar-refractivity contribution in [1.82, 2.24) is 15.0 Å². The van der Waals surface area contributed by atoms with Crippen LogP contribution >= 0.6 is 0 Å². The standard InChI is InChI=1S/C25H20F3N3O3/c26-25(27,28)19-10-6-17(7-11-19)15-31-22(13-8-16-4-2-1-3-5-16)29-21-14-18(23(32)30-34)9-12-20(21)24(31)33/h1-7,9-12,14,34H,8,13,15H2,(H,30,32). The lowest BCUT2D eigenvalue weighted by molar-refractivity contribution is -0.137. The first-order valence-electron chi connectivity index (χ1n) is 10.4. The molecule has 1 amide bonds. The Kier molecular flexibility index (Phi) is 6.47. The highest BCUT2D eigenvalue weighted by atomic mass is 19.4. The Balaban J connectivity index is 1.76. The SMILES string of the molecule is O=C(NO)c1ccc2c(=O)n(Cc3ccc(C(F)(F)F)cc3)c(CCc3ccccc3)nc2c1. The molecule has 4 aromatic rings. The largest absolute Gasteiger partial charge is 0.416 e. The monoisotopic (exact) mass is 467 g/mol. The molecule has 2 N–H and O–H groups in total. The maximum atomic E-state index is 13.3. The van der Waals surface area contributed by atoms with Gasteiger partial charge in [0.1, 0.15) is 5.82 Å². The fraction of sp³-hybridized carbons (Fsp3) is 0.160. The van der Waals surface area contributed by atoms with Crippen molar-refractivity contribution in [1.29, 1.82) is 0 Å². The Hall–Kier alpha value is -3.98. The van der Waals surface area contributed by atoms with Gasteiger partial charge in [-0.3, -0.25) is 19.4 Å². The number of aromatic nitrogens is 2. The van der Waals surface area contributed by atoms with Gasteiger partial charge in [-0.2, -0.15) is 13.2 Å². The number of nitrogens with one attached hydrogen (secondary N) is 1. The highest BCUT2D eigenvalue weighted by Gasteiger charge is 2.30. The molecule has 0 aliphatic rings. The van der Waals surface area contributed by atoms with Crippen LogP contribution in [0, 0.1) is 0 Å². The third-order valence-corrected chi connectivity index (χ3v) is 5.50. The molecule has 1 aromatic heterocycles. The lowest BCUT2D eigenvalue weighted by Gasteiger charge is -2.15. The van der Waals surface area contributed by atoms with Gasteiger partial charge >= 0.3 is 6.18 Å². The number of halogens is 3. The second-order valence-electron chi connectivity index (χ2n) is 7.77. The molecular formula is C25H20F3N3O3. The number of hydrogen-bond donors (Lipinski definition) is 2. The molecule has 0 spiro atoms. The van der Waals surface area contributed by atoms with E-state index in [0.717, 1.165) is 17.7 Å². The summed E-state index contributed by atoms with van der Waals surface area (Å²) in [4.78, 5) is 29.7. The molecule has 3 aromatic carbocycles. The number of carbonyl (C=O) groups is 1. The van der Waals surface area contributed by atoms with Gasteiger partial charge in [-0.25, -0.2) is 10.5 Å². The predicted octanol–water partition coefficient (Wildman–Crippen LogP) is 4.37. The lowest BCUT2D eigenvalue weighted by Crippen LogP contribution is -2.27. The summed E-state index contributed by atoms with van der Waals surface area (Å²) in [7, 11) is 0. The first-order valence-corrected chi connectivity index (χ1v) is 10.4. The van der Waals surface area contributed by atoms with E-state index in [9.17, 15) is 22.8 Å². The first-order chi connectivity index (χ1) is 16.3. The van der Waals surface area contributed by atoms with Crippen LogP contribution in [-0.2, 0) is 25.6 Å². The molecule has 1 heterocycles. The van der Waals surface area contributed by atoms with Crippen molar-refractivity contribution in [3.63, 3.8) is 0 Å². The molecule has 0 saturated carbocycles. The zero-order chi connectivity index (χ0) is 24.3. The normalized spacial score (nSPS) is 11.5. The van der Waals surface area contributed by atoms with Crippen LogP contribution in [0.5, 0.6) is 0 Å². The van der Waals surface area contributed by atoms with Crippen LogP contribution in [0.3, 0.4) is 0 Å². The van der Waals surface area contributed by atoms with Gasteiger partial charge in [-0.1, -0.05) is 42.5 Å². The topological polar surface area (TPSA) is 84.2 Å². The molecule has 9 heteroatoms. The summed E-state index contributed by atoms with van der Waals surface area (Å²) < 4.78 is 40.2. The minimum Gasteiger partial charge on any atom is -0.292 e. The molecule has 0 aliphatic heterocycles. The fourth-order valence-corrected chi connectivity index (χ4v) is 3.71. The van der Waals surface area contributed by atoms with Crippen LogP contribution in [0.1, 0.15) is 32.9 Å². The maximum Gasteiger partial charge on any atom is 0.416 e. The summed E-state index contributed by atoms with van der Waals surface area (Å²) in [5.41, 5.74) is 2.40. The number of hydrogen-bond acceptors (Lipinski definition) is 4. The number of rotatable bonds is 6. The average molecular weight is 467 g/mol. The quantitative estimate of drug-likeness (QED) is 0.326. The number of aryl methyl sites for hydroxylation is 2. The number of benzene rings is 3. The Morgan fingerprint density at radius 2 is 1.65 bits per heavy atom. The number of hydroxylamine groups is 1. The molecular weight excluding hydrogens is 447 g/mol. The molecule has 34 heavy (non-hydrogen) atoms. The lowest BCUT2D eigenvalue weighted by atomic mass is 10.1. The Labute approximate surface area is 192 Å². The van der Waals surface area contributed by atoms with Gasteiger partial charge in [-0.15, -0.1) is 0 Å². The van der Waals surface area contributed by atoms with Gasteiger partial charge < -0.3 is 0 Å². The number of alkyl halides is 3. The molecule has 4 rings (SSSR count). The summed E-state index contributed by atoms with van der Waals surface area (Å²) in [6, 6.07) is 18.5. The zero-order valence-corrected chi connectivity index (χ0v) is 17.8. The van der Waals surface area contributed by atoms with E-state index < -0.39 is 17.6 Å². The van der Waals surface area contributed by atoms with Gasteiger partial charge in [0.2, 0.25) is 0 Å². The molecule has 0 fully saturated rings. The van der Waals surface area contributed by atoms with Gasteiger partial charge in [-0.05, 0) is 47.9 Å². The molecule has 0 aliphatic carbocycles. The summed E-state index contributed by atoms with van der Waals surface area (Å²) in [6.07, 6.45) is -3.46. The van der Waals surface area contributed by atoms with Gasteiger partial charge in [0.15, 0.2) is 0 Å². The number of fused-ring (bicyclic) bond motifs is 1. The molecule has 0 saturated heterocycles. The Bertz CT molecular complexity index is 1380. The molecule has 0 unspecified atom stereocenters. The van der Waals surface area contributed by atoms with Crippen LogP contribution in [-0.4, -0.2) is 20.7 Å². The molecule has 0 radical (unpaired) electrons. The summed E-state index contributed by atoms with van der Waals surface area (Å²) in [5.74, 6) is -0.300. The van der Waals surface area contributed by atoms with Crippen molar-refractivity contribution in [3.05, 3.63) is 111 Å². The summed E-state index contributed by atoms with van der Waals surface area (Å²) >= 11 is 0. The van der Waals surface area contributed by atoms with E-state index in [4.69, 9.17) is 5.21 Å². The Morgan fingerprint density at radius 1 is 0.941 bits per heavy atom. The molecule has 174 valence electrons. The first kappa shape index (κ1) is 23.2. The smallest absolute Gasteiger partial charge is 0.292 e. The van der Waals surface area contributed by atoms with Crippen molar-refractivity contribution < 1.29 is 23.2 Å². The minimum atomic E-state index is -4.45. The van der Waals surface area contributed by atoms with Gasteiger partial charge in [0, 0.05) is 12.0 Å². The van der Waals surface area contributed by atoms with Crippen LogP contribution in [0.2, 0.25) is 0 Å². The zero-order valence-electron chi connectivity index (χ0n) is 17.8.